The molecule has 0 amide bonds. The molecule has 0 bridgehead atoms. The number of ether oxygens (including phenoxy) is 2. The molecule has 1 aromatic carbocycles. The van der Waals surface area contributed by atoms with Crippen LogP contribution in [0.4, 0.5) is 11.4 Å². The molecule has 0 radical (unpaired) electrons. The summed E-state index contributed by atoms with van der Waals surface area (Å²) in [6.45, 7) is 2.61. The zero-order valence-electron chi connectivity index (χ0n) is 11.3. The molecule has 1 aliphatic rings. The Balaban J connectivity index is 1.82. The van der Waals surface area contributed by atoms with Gasteiger partial charge in [-0.25, -0.2) is 4.98 Å². The normalized spacial score (nSPS) is 12.4. The highest BCUT2D eigenvalue weighted by atomic mass is 32.1. The summed E-state index contributed by atoms with van der Waals surface area (Å²) >= 11 is 1.59. The maximum Gasteiger partial charge on any atom is 0.296 e. The number of benzene rings is 1. The summed E-state index contributed by atoms with van der Waals surface area (Å²) in [5.41, 5.74) is 0.384. The van der Waals surface area contributed by atoms with Crippen LogP contribution in [0.2, 0.25) is 0 Å². The van der Waals surface area contributed by atoms with Crippen molar-refractivity contribution >= 4 is 22.7 Å². The van der Waals surface area contributed by atoms with Crippen LogP contribution >= 0.6 is 11.3 Å². The van der Waals surface area contributed by atoms with E-state index in [0.717, 1.165) is 16.3 Å². The Labute approximate surface area is 124 Å². The zero-order chi connectivity index (χ0) is 14.8. The van der Waals surface area contributed by atoms with Crippen LogP contribution in [0.25, 0.3) is 0 Å². The van der Waals surface area contributed by atoms with Crippen molar-refractivity contribution in [3.8, 4) is 11.5 Å². The Morgan fingerprint density at radius 2 is 2.19 bits per heavy atom. The number of nitro benzene ring substituents is 1. The minimum atomic E-state index is -0.436. The van der Waals surface area contributed by atoms with E-state index in [0.29, 0.717) is 23.7 Å². The first kappa shape index (κ1) is 13.6. The van der Waals surface area contributed by atoms with Gasteiger partial charge in [-0.1, -0.05) is 6.92 Å². The van der Waals surface area contributed by atoms with Gasteiger partial charge in [0, 0.05) is 17.1 Å². The Kier molecular flexibility index (Phi) is 3.61. The lowest BCUT2D eigenvalue weighted by Gasteiger charge is -2.07. The van der Waals surface area contributed by atoms with E-state index >= 15 is 0 Å². The number of rotatable bonds is 5. The second kappa shape index (κ2) is 5.57. The van der Waals surface area contributed by atoms with Crippen LogP contribution in [0, 0.1) is 10.1 Å². The van der Waals surface area contributed by atoms with Crippen LogP contribution < -0.4 is 14.8 Å². The summed E-state index contributed by atoms with van der Waals surface area (Å²) < 4.78 is 10.4. The smallest absolute Gasteiger partial charge is 0.296 e. The molecule has 0 unspecified atom stereocenters. The molecule has 2 aromatic rings. The Morgan fingerprint density at radius 3 is 2.86 bits per heavy atom. The number of aryl methyl sites for hydroxylation is 1. The summed E-state index contributed by atoms with van der Waals surface area (Å²) in [5.74, 6) is 0.917. The lowest BCUT2D eigenvalue weighted by molar-refractivity contribution is -0.384. The molecule has 0 atom stereocenters. The van der Waals surface area contributed by atoms with E-state index in [1.165, 1.54) is 6.07 Å². The SMILES string of the molecule is CCc1ncc(CNc2cc3c(cc2[N+](=O)[O-])OCO3)s1. The molecule has 1 N–H and O–H groups in total. The van der Waals surface area contributed by atoms with E-state index in [-0.39, 0.29) is 12.5 Å². The average Bonchev–Trinajstić information content (AvgIpc) is 3.12. The fraction of sp³-hybridized carbons (Fsp3) is 0.308. The van der Waals surface area contributed by atoms with Crippen molar-refractivity contribution < 1.29 is 14.4 Å². The van der Waals surface area contributed by atoms with Gasteiger partial charge in [0.1, 0.15) is 5.69 Å². The largest absolute Gasteiger partial charge is 0.454 e. The van der Waals surface area contributed by atoms with Gasteiger partial charge in [-0.3, -0.25) is 10.1 Å². The van der Waals surface area contributed by atoms with E-state index in [1.54, 1.807) is 23.6 Å². The van der Waals surface area contributed by atoms with Crippen LogP contribution in [0.1, 0.15) is 16.8 Å². The summed E-state index contributed by atoms with van der Waals surface area (Å²) in [6.07, 6.45) is 2.67. The minimum Gasteiger partial charge on any atom is -0.454 e. The lowest BCUT2D eigenvalue weighted by atomic mass is 10.2. The number of fused-ring (bicyclic) bond motifs is 1. The number of hydrogen-bond acceptors (Lipinski definition) is 7. The first-order valence-electron chi connectivity index (χ1n) is 6.43. The molecule has 0 fully saturated rings. The first-order valence-corrected chi connectivity index (χ1v) is 7.24. The van der Waals surface area contributed by atoms with E-state index in [4.69, 9.17) is 9.47 Å². The Morgan fingerprint density at radius 1 is 1.43 bits per heavy atom. The number of anilines is 1. The molecule has 7 nitrogen and oxygen atoms in total. The van der Waals surface area contributed by atoms with Gasteiger partial charge in [0.15, 0.2) is 11.5 Å². The number of nitrogens with one attached hydrogen (secondary N) is 1. The highest BCUT2D eigenvalue weighted by molar-refractivity contribution is 7.11. The van der Waals surface area contributed by atoms with Crippen molar-refractivity contribution in [2.45, 2.75) is 19.9 Å². The van der Waals surface area contributed by atoms with Crippen LogP contribution in [0.3, 0.4) is 0 Å². The maximum atomic E-state index is 11.1. The Bertz CT molecular complexity index is 686. The van der Waals surface area contributed by atoms with E-state index in [1.807, 2.05) is 6.92 Å². The first-order chi connectivity index (χ1) is 10.2. The van der Waals surface area contributed by atoms with Crippen molar-refractivity contribution in [2.24, 2.45) is 0 Å². The topological polar surface area (TPSA) is 86.5 Å². The second-order valence-electron chi connectivity index (χ2n) is 4.41. The van der Waals surface area contributed by atoms with Gasteiger partial charge in [0.05, 0.1) is 22.5 Å². The molecule has 0 saturated carbocycles. The molecular weight excluding hydrogens is 294 g/mol. The van der Waals surface area contributed by atoms with Crippen LogP contribution in [0.5, 0.6) is 11.5 Å². The molecule has 3 rings (SSSR count). The van der Waals surface area contributed by atoms with Gasteiger partial charge >= 0.3 is 0 Å². The maximum absolute atomic E-state index is 11.1. The zero-order valence-corrected chi connectivity index (χ0v) is 12.1. The summed E-state index contributed by atoms with van der Waals surface area (Å²) in [5, 5.41) is 15.3. The fourth-order valence-corrected chi connectivity index (χ4v) is 2.80. The van der Waals surface area contributed by atoms with Crippen molar-refractivity contribution in [1.29, 1.82) is 0 Å². The van der Waals surface area contributed by atoms with E-state index in [2.05, 4.69) is 10.3 Å². The molecule has 21 heavy (non-hydrogen) atoms. The number of nitrogens with zero attached hydrogens (tertiary/aromatic N) is 2. The fourth-order valence-electron chi connectivity index (χ4n) is 2.00. The summed E-state index contributed by atoms with van der Waals surface area (Å²) in [6, 6.07) is 2.98. The molecule has 1 aliphatic heterocycles. The monoisotopic (exact) mass is 307 g/mol. The number of hydrogen-bond donors (Lipinski definition) is 1. The van der Waals surface area contributed by atoms with Gasteiger partial charge in [-0.15, -0.1) is 11.3 Å². The van der Waals surface area contributed by atoms with Gasteiger partial charge < -0.3 is 14.8 Å². The van der Waals surface area contributed by atoms with Gasteiger partial charge in [0.2, 0.25) is 6.79 Å². The Hall–Kier alpha value is -2.35. The van der Waals surface area contributed by atoms with E-state index in [9.17, 15) is 10.1 Å². The molecule has 0 aliphatic carbocycles. The molecule has 1 aromatic heterocycles. The van der Waals surface area contributed by atoms with Crippen molar-refractivity contribution in [2.75, 3.05) is 12.1 Å². The van der Waals surface area contributed by atoms with Gasteiger partial charge in [-0.05, 0) is 6.42 Å². The predicted molar refractivity (Wildman–Crippen MR) is 78.0 cm³/mol. The van der Waals surface area contributed by atoms with Gasteiger partial charge in [0.25, 0.3) is 5.69 Å². The molecule has 0 saturated heterocycles. The van der Waals surface area contributed by atoms with Crippen LogP contribution in [0.15, 0.2) is 18.3 Å². The van der Waals surface area contributed by atoms with Crippen molar-refractivity contribution in [1.82, 2.24) is 4.98 Å². The summed E-state index contributed by atoms with van der Waals surface area (Å²) in [4.78, 5) is 16.0. The number of thiazole rings is 1. The number of aromatic nitrogens is 1. The lowest BCUT2D eigenvalue weighted by Crippen LogP contribution is -2.01. The number of nitro groups is 1. The third-order valence-corrected chi connectivity index (χ3v) is 4.19. The van der Waals surface area contributed by atoms with Crippen molar-refractivity contribution in [3.63, 3.8) is 0 Å². The second-order valence-corrected chi connectivity index (χ2v) is 5.61. The van der Waals surface area contributed by atoms with Gasteiger partial charge in [-0.2, -0.15) is 0 Å². The quantitative estimate of drug-likeness (QED) is 0.675. The molecule has 0 spiro atoms. The standard InChI is InChI=1S/C13H13N3O4S/c1-2-13-15-6-8(21-13)5-14-9-3-11-12(20-7-19-11)4-10(9)16(17)18/h3-4,6,14H,2,5,7H2,1H3. The molecule has 2 heterocycles. The third kappa shape index (κ3) is 2.75. The highest BCUT2D eigenvalue weighted by Crippen LogP contribution is 2.40. The van der Waals surface area contributed by atoms with Crippen molar-refractivity contribution in [3.05, 3.63) is 38.3 Å². The third-order valence-electron chi connectivity index (χ3n) is 3.04. The van der Waals surface area contributed by atoms with Crippen LogP contribution in [-0.4, -0.2) is 16.7 Å². The average molecular weight is 307 g/mol. The predicted octanol–water partition coefficient (Wildman–Crippen LogP) is 2.95. The van der Waals surface area contributed by atoms with E-state index < -0.39 is 4.92 Å². The van der Waals surface area contributed by atoms with Crippen LogP contribution in [-0.2, 0) is 13.0 Å². The highest BCUT2D eigenvalue weighted by Gasteiger charge is 2.23. The summed E-state index contributed by atoms with van der Waals surface area (Å²) in [7, 11) is 0. The minimum absolute atomic E-state index is 0.0283. The molecule has 110 valence electrons. The molecular formula is C13H13N3O4S. The molecule has 8 heteroatoms.